The first-order chi connectivity index (χ1) is 6.43. The number of carboxylic acids is 2. The quantitative estimate of drug-likeness (QED) is 0.605. The molecule has 0 atom stereocenters. The minimum Gasteiger partial charge on any atom is -0.481 e. The Hall–Kier alpha value is -1.59. The molecule has 1 amide bonds. The Morgan fingerprint density at radius 1 is 1.36 bits per heavy atom. The number of nitrogens with zero attached hydrogens (tertiary/aromatic N) is 1. The molecular weight excluding hydrogens is 190 g/mol. The Morgan fingerprint density at radius 2 is 1.86 bits per heavy atom. The maximum absolute atomic E-state index is 10.5. The topological polar surface area (TPSA) is 94.9 Å². The van der Waals surface area contributed by atoms with Crippen molar-refractivity contribution in [2.45, 2.75) is 19.3 Å². The molecular formula is C8H13NO5. The molecule has 1 heterocycles. The van der Waals surface area contributed by atoms with Crippen molar-refractivity contribution in [3.05, 3.63) is 0 Å². The second kappa shape index (κ2) is 5.95. The van der Waals surface area contributed by atoms with Crippen LogP contribution in [0.1, 0.15) is 19.3 Å². The van der Waals surface area contributed by atoms with Crippen molar-refractivity contribution in [1.82, 2.24) is 4.90 Å². The van der Waals surface area contributed by atoms with Gasteiger partial charge in [-0.1, -0.05) is 0 Å². The minimum absolute atomic E-state index is 0.292. The van der Waals surface area contributed by atoms with Crippen LogP contribution in [0.25, 0.3) is 0 Å². The molecule has 1 fully saturated rings. The molecule has 0 aliphatic carbocycles. The lowest BCUT2D eigenvalue weighted by Crippen LogP contribution is -2.17. The molecule has 6 heteroatoms. The first kappa shape index (κ1) is 12.4. The van der Waals surface area contributed by atoms with Crippen LogP contribution in [0.3, 0.4) is 0 Å². The van der Waals surface area contributed by atoms with Gasteiger partial charge in [-0.05, 0) is 6.42 Å². The highest BCUT2D eigenvalue weighted by Crippen LogP contribution is 2.04. The number of carbonyl (C=O) groups is 3. The van der Waals surface area contributed by atoms with Gasteiger partial charge in [0, 0.05) is 20.0 Å². The molecule has 0 unspecified atom stereocenters. The molecule has 1 aliphatic heterocycles. The molecule has 0 bridgehead atoms. The summed E-state index contributed by atoms with van der Waals surface area (Å²) < 4.78 is 0. The van der Waals surface area contributed by atoms with Crippen LogP contribution >= 0.6 is 0 Å². The first-order valence-electron chi connectivity index (χ1n) is 4.11. The fraction of sp³-hybridized carbons (Fsp3) is 0.625. The van der Waals surface area contributed by atoms with Crippen molar-refractivity contribution >= 4 is 17.8 Å². The maximum atomic E-state index is 10.5. The summed E-state index contributed by atoms with van der Waals surface area (Å²) in [5, 5.41) is 15.4. The van der Waals surface area contributed by atoms with Crippen molar-refractivity contribution in [2.75, 3.05) is 13.6 Å². The van der Waals surface area contributed by atoms with E-state index in [0.29, 0.717) is 5.91 Å². The van der Waals surface area contributed by atoms with E-state index < -0.39 is 18.4 Å². The number of hydrogen-bond donors (Lipinski definition) is 2. The number of aliphatic carboxylic acids is 2. The predicted octanol–water partition coefficient (Wildman–Crippen LogP) is -0.216. The molecule has 0 aromatic rings. The summed E-state index contributed by atoms with van der Waals surface area (Å²) in [4.78, 5) is 31.1. The van der Waals surface area contributed by atoms with Crippen LogP contribution in [0.4, 0.5) is 0 Å². The molecule has 1 aliphatic rings. The maximum Gasteiger partial charge on any atom is 0.314 e. The van der Waals surface area contributed by atoms with Crippen molar-refractivity contribution in [1.29, 1.82) is 0 Å². The summed E-state index contributed by atoms with van der Waals surface area (Å²) in [5.41, 5.74) is 0. The monoisotopic (exact) mass is 203 g/mol. The van der Waals surface area contributed by atoms with Gasteiger partial charge in [-0.3, -0.25) is 14.4 Å². The summed E-state index contributed by atoms with van der Waals surface area (Å²) in [5.74, 6) is -2.33. The average molecular weight is 203 g/mol. The summed E-state index contributed by atoms with van der Waals surface area (Å²) in [6, 6.07) is 0. The number of hydrogen-bond acceptors (Lipinski definition) is 3. The van der Waals surface area contributed by atoms with Gasteiger partial charge in [-0.15, -0.1) is 0 Å². The largest absolute Gasteiger partial charge is 0.481 e. The summed E-state index contributed by atoms with van der Waals surface area (Å²) in [7, 11) is 1.84. The zero-order chi connectivity index (χ0) is 11.1. The van der Waals surface area contributed by atoms with Crippen LogP contribution < -0.4 is 0 Å². The van der Waals surface area contributed by atoms with E-state index in [1.165, 1.54) is 0 Å². The Balaban J connectivity index is 0.000000241. The second-order valence-electron chi connectivity index (χ2n) is 2.88. The van der Waals surface area contributed by atoms with Gasteiger partial charge in [-0.2, -0.15) is 0 Å². The third kappa shape index (κ3) is 5.99. The highest BCUT2D eigenvalue weighted by molar-refractivity contribution is 5.88. The third-order valence-electron chi connectivity index (χ3n) is 1.61. The number of carbonyl (C=O) groups excluding carboxylic acids is 1. The minimum atomic E-state index is -1.31. The van der Waals surface area contributed by atoms with Crippen molar-refractivity contribution in [2.24, 2.45) is 0 Å². The van der Waals surface area contributed by atoms with E-state index in [0.717, 1.165) is 19.4 Å². The highest BCUT2D eigenvalue weighted by Gasteiger charge is 2.14. The van der Waals surface area contributed by atoms with E-state index in [9.17, 15) is 14.4 Å². The molecule has 80 valence electrons. The normalized spacial score (nSPS) is 14.6. The number of rotatable bonds is 2. The molecule has 0 saturated carbocycles. The molecule has 0 aromatic heterocycles. The summed E-state index contributed by atoms with van der Waals surface area (Å²) in [6.45, 7) is 0.957. The van der Waals surface area contributed by atoms with Crippen LogP contribution in [-0.4, -0.2) is 46.6 Å². The van der Waals surface area contributed by atoms with Crippen LogP contribution in [-0.2, 0) is 14.4 Å². The lowest BCUT2D eigenvalue weighted by molar-refractivity contribution is -0.147. The highest BCUT2D eigenvalue weighted by atomic mass is 16.4. The van der Waals surface area contributed by atoms with Crippen LogP contribution in [0, 0.1) is 0 Å². The fourth-order valence-electron chi connectivity index (χ4n) is 0.912. The molecule has 1 rings (SSSR count). The van der Waals surface area contributed by atoms with Crippen molar-refractivity contribution in [3.8, 4) is 0 Å². The van der Waals surface area contributed by atoms with E-state index in [2.05, 4.69) is 0 Å². The smallest absolute Gasteiger partial charge is 0.314 e. The molecule has 2 N–H and O–H groups in total. The molecule has 6 nitrogen and oxygen atoms in total. The molecule has 0 radical (unpaired) electrons. The van der Waals surface area contributed by atoms with E-state index in [1.807, 2.05) is 7.05 Å². The van der Waals surface area contributed by atoms with E-state index in [-0.39, 0.29) is 0 Å². The molecule has 0 aromatic carbocycles. The zero-order valence-corrected chi connectivity index (χ0v) is 7.89. The van der Waals surface area contributed by atoms with Gasteiger partial charge >= 0.3 is 11.9 Å². The average Bonchev–Trinajstić information content (AvgIpc) is 2.34. The summed E-state index contributed by atoms with van der Waals surface area (Å²) >= 11 is 0. The van der Waals surface area contributed by atoms with Crippen molar-refractivity contribution < 1.29 is 24.6 Å². The van der Waals surface area contributed by atoms with Gasteiger partial charge in [0.25, 0.3) is 0 Å². The van der Waals surface area contributed by atoms with E-state index >= 15 is 0 Å². The summed E-state index contributed by atoms with van der Waals surface area (Å²) in [6.07, 6.45) is 1.01. The lowest BCUT2D eigenvalue weighted by atomic mass is 10.4. The van der Waals surface area contributed by atoms with E-state index in [1.54, 1.807) is 4.90 Å². The van der Waals surface area contributed by atoms with E-state index in [4.69, 9.17) is 10.2 Å². The standard InChI is InChI=1S/C5H9NO.C3H4O4/c1-6-4-2-3-5(6)7;4-2(5)1-3(6)7/h2-4H2,1H3;1H2,(H,4,5)(H,6,7). The Kier molecular flexibility index (Phi) is 5.28. The van der Waals surface area contributed by atoms with Crippen LogP contribution in [0.5, 0.6) is 0 Å². The SMILES string of the molecule is CN1CCCC1=O.O=C(O)CC(=O)O. The molecule has 1 saturated heterocycles. The van der Waals surface area contributed by atoms with Gasteiger partial charge in [0.15, 0.2) is 0 Å². The first-order valence-corrected chi connectivity index (χ1v) is 4.11. The van der Waals surface area contributed by atoms with Gasteiger partial charge in [0.1, 0.15) is 6.42 Å². The Labute approximate surface area is 81.1 Å². The molecule has 14 heavy (non-hydrogen) atoms. The Morgan fingerprint density at radius 3 is 1.93 bits per heavy atom. The fourth-order valence-corrected chi connectivity index (χ4v) is 0.912. The van der Waals surface area contributed by atoms with Crippen LogP contribution in [0.15, 0.2) is 0 Å². The van der Waals surface area contributed by atoms with Gasteiger partial charge in [0.05, 0.1) is 0 Å². The number of amides is 1. The van der Waals surface area contributed by atoms with Crippen LogP contribution in [0.2, 0.25) is 0 Å². The van der Waals surface area contributed by atoms with Gasteiger partial charge < -0.3 is 15.1 Å². The Bertz CT molecular complexity index is 226. The van der Waals surface area contributed by atoms with Gasteiger partial charge in [0.2, 0.25) is 5.91 Å². The predicted molar refractivity (Wildman–Crippen MR) is 46.8 cm³/mol. The number of carboxylic acid groups (broad SMARTS) is 2. The zero-order valence-electron chi connectivity index (χ0n) is 7.89. The van der Waals surface area contributed by atoms with Crippen molar-refractivity contribution in [3.63, 3.8) is 0 Å². The van der Waals surface area contributed by atoms with Gasteiger partial charge in [-0.25, -0.2) is 0 Å². The third-order valence-corrected chi connectivity index (χ3v) is 1.61. The number of likely N-dealkylation sites (tertiary alicyclic amines) is 1. The second-order valence-corrected chi connectivity index (χ2v) is 2.88. The lowest BCUT2D eigenvalue weighted by Gasteiger charge is -2.03. The molecule has 0 spiro atoms.